The van der Waals surface area contributed by atoms with Crippen molar-refractivity contribution >= 4 is 132 Å². The molecule has 0 radical (unpaired) electrons. The van der Waals surface area contributed by atoms with Crippen LogP contribution in [0, 0.1) is 17.2 Å². The fourth-order valence-electron chi connectivity index (χ4n) is 5.73. The van der Waals surface area contributed by atoms with Crippen molar-refractivity contribution in [1.29, 1.82) is 5.41 Å². The van der Waals surface area contributed by atoms with Gasteiger partial charge in [-0.1, -0.05) is 47.0 Å². The van der Waals surface area contributed by atoms with Crippen molar-refractivity contribution in [2.75, 3.05) is 63.6 Å². The molecule has 1 aromatic heterocycles. The molecule has 131 heavy (non-hydrogen) atoms. The van der Waals surface area contributed by atoms with E-state index in [1.54, 1.807) is 31.8 Å². The molecule has 0 aliphatic rings. The van der Waals surface area contributed by atoms with Gasteiger partial charge in [-0.15, -0.1) is 0 Å². The fraction of sp³-hybridized carbons (Fsp3) is 0.700. The fourth-order valence-corrected chi connectivity index (χ4v) is 6.37. The van der Waals surface area contributed by atoms with Crippen molar-refractivity contribution in [3.63, 3.8) is 0 Å². The van der Waals surface area contributed by atoms with E-state index in [-0.39, 0.29) is 62.8 Å². The van der Waals surface area contributed by atoms with Crippen molar-refractivity contribution in [3.8, 4) is 0 Å². The Morgan fingerprint density at radius 1 is 0.405 bits per heavy atom. The van der Waals surface area contributed by atoms with Crippen molar-refractivity contribution in [3.05, 3.63) is 18.2 Å². The van der Waals surface area contributed by atoms with E-state index in [0.29, 0.717) is 82.7 Å². The summed E-state index contributed by atoms with van der Waals surface area (Å²) in [4.78, 5) is 175. The van der Waals surface area contributed by atoms with Crippen LogP contribution in [0.4, 0.5) is 0 Å². The highest BCUT2D eigenvalue weighted by Crippen LogP contribution is 2.04. The lowest BCUT2D eigenvalue weighted by Gasteiger charge is -2.07. The minimum atomic E-state index is -1.18. The maximum absolute atomic E-state index is 10.3. The number of rotatable bonds is 48. The Morgan fingerprint density at radius 3 is 0.863 bits per heavy atom. The molecule has 61 heteroatoms. The van der Waals surface area contributed by atoms with Crippen LogP contribution in [-0.2, 0) is 87.9 Å². The number of aliphatic carboxylic acids is 16. The number of carbonyl (C=O) groups excluding carboxylic acids is 1. The van der Waals surface area contributed by atoms with Crippen LogP contribution in [-0.4, -0.2) is 358 Å². The van der Waals surface area contributed by atoms with Gasteiger partial charge in [0.2, 0.25) is 5.91 Å². The number of hydrogen-bond acceptors (Lipinski definition) is 41. The number of aliphatic hydroxyl groups excluding tert-OH is 2. The molecule has 59 nitrogen and oxygen atoms in total. The summed E-state index contributed by atoms with van der Waals surface area (Å²) in [6.45, 7) is 10.0. The molecule has 774 valence electrons. The zero-order valence-electron chi connectivity index (χ0n) is 74.3. The van der Waals surface area contributed by atoms with Gasteiger partial charge in [-0.25, -0.2) is 4.98 Å². The van der Waals surface area contributed by atoms with E-state index in [0.717, 1.165) is 44.3 Å². The number of nitrogens with one attached hydrogen (secondary N) is 3. The monoisotopic (exact) mass is 1950 g/mol. The van der Waals surface area contributed by atoms with Crippen LogP contribution in [0.1, 0.15) is 149 Å². The number of carboxylic acids is 16. The summed E-state index contributed by atoms with van der Waals surface area (Å²) in [6.07, 6.45) is 12.8. The summed E-state index contributed by atoms with van der Waals surface area (Å²) < 4.78 is 0. The Kier molecular flexibility index (Phi) is 119. The first-order valence-electron chi connectivity index (χ1n) is 38.8. The Labute approximate surface area is 766 Å². The molecule has 0 bridgehead atoms. The minimum Gasteiger partial charge on any atom is -0.481 e. The number of hydrogen-bond donors (Lipinski definition) is 42. The number of thiol groups is 1. The molecule has 1 heterocycles. The Morgan fingerprint density at radius 2 is 0.695 bits per heavy atom. The number of guanidine groups is 1. The van der Waals surface area contributed by atoms with Crippen LogP contribution in [0.3, 0.4) is 0 Å². The summed E-state index contributed by atoms with van der Waals surface area (Å²) in [5.74, 6) is -15.4. The molecule has 0 aromatic carbocycles. The molecule has 14 atom stereocenters. The molecule has 1 rings (SSSR count). The van der Waals surface area contributed by atoms with E-state index >= 15 is 0 Å². The van der Waals surface area contributed by atoms with Gasteiger partial charge in [0.25, 0.3) is 0 Å². The molecular formula is C70H152N24O35S2. The predicted octanol–water partition coefficient (Wildman–Crippen LogP) is -10.3. The lowest BCUT2D eigenvalue weighted by Crippen LogP contribution is -2.39. The average Bonchev–Trinajstić information content (AvgIpc) is 1.81. The van der Waals surface area contributed by atoms with Gasteiger partial charge < -0.3 is 217 Å². The third-order valence-electron chi connectivity index (χ3n) is 13.7. The number of carbonyl (C=O) groups is 17. The van der Waals surface area contributed by atoms with E-state index in [4.69, 9.17) is 201 Å². The summed E-state index contributed by atoms with van der Waals surface area (Å²) in [6, 6.07) is -11.1. The zero-order chi connectivity index (χ0) is 107. The highest BCUT2D eigenvalue weighted by Gasteiger charge is 2.20. The number of aromatic amines is 1. The number of primary amides is 1. The number of H-pyrrole nitrogens is 1. The Bertz CT molecular complexity index is 3020. The van der Waals surface area contributed by atoms with Crippen molar-refractivity contribution in [1.82, 2.24) is 15.3 Å². The predicted molar refractivity (Wildman–Crippen MR) is 482 cm³/mol. The number of nitrogens with zero attached hydrogens (tertiary/aromatic N) is 1. The number of carboxylic acid groups (broad SMARTS) is 16. The van der Waals surface area contributed by atoms with Crippen LogP contribution in [0.2, 0.25) is 0 Å². The minimum absolute atomic E-state index is 0.0208. The standard InChI is InChI=1S/C6H14N4O2.C6H9N3O2.3C6H14N2O2.C6H13NO2.C5H10N2O3.C5H9NO4.C5H11NO2S.C5H11NO2.C4H9NO3.C3H7NO3.C3H7NO2S.2C2H5NO2/c7-4(5(11)12)2-1-3-10-6(8)9;7-5(6(10)11)1-4-2-8-3-9-4;3*7-4-2-1-3-5(8)6(9)10;1-4(2)3-5(7)6(8)9;2*6-3(5(9)10)1-2-4(7)8;1-9-3-2-4(6)5(7)8;1-3(2)4(6)5(7)8;1-2(6)3(5)4(7)8;4-2(1-5)3(6)7;4-2(1-7)3(5)6;2*3-1-2(4)5/h4H,1-3,7H2,(H,11,12)(H4,8,9,10);2-3,5H,1,7H2,(H,8,9)(H,10,11);3*5H,1-4,7-8H2,(H,9,10);4-5H,3,7H2,1-2H3,(H,8,9);3H,1-2,6H2,(H2,7,8)(H,9,10);3H,1-2,6H2,(H,7,8)(H,9,10);4H,2-3,6H2,1H3,(H,7,8);3-4H,6H2,1-2H3,(H,7,8);2-3,6H,5H2,1H3,(H,7,8);2,5H,1,4H2,(H,6,7);2,7H,1,4H2,(H,5,6);2*1,3H2,(H,4,5)/t4-;5*5-;2*3-;2*4-;2-,3+;2*2-;;/m0000000000100../s1. The molecule has 0 aliphatic carbocycles. The summed E-state index contributed by atoms with van der Waals surface area (Å²) in [5.41, 5.74) is 102. The number of unbranched alkanes of at least 4 members (excludes halogenated alkanes) is 3. The number of thioether (sulfide) groups is 1. The highest BCUT2D eigenvalue weighted by molar-refractivity contribution is 7.98. The third kappa shape index (κ3) is 140. The topological polar surface area (TPSA) is 1240 Å². The van der Waals surface area contributed by atoms with E-state index in [1.807, 2.05) is 20.1 Å². The van der Waals surface area contributed by atoms with E-state index < -0.39 is 193 Å². The van der Waals surface area contributed by atoms with Gasteiger partial charge in [0.05, 0.1) is 37.8 Å². The number of aliphatic hydroxyl groups is 2. The first kappa shape index (κ1) is 152. The van der Waals surface area contributed by atoms with E-state index in [2.05, 4.69) is 39.4 Å². The lowest BCUT2D eigenvalue weighted by molar-refractivity contribution is -0.141. The second-order valence-corrected chi connectivity index (χ2v) is 28.0. The average molecular weight is 1950 g/mol. The van der Waals surface area contributed by atoms with Crippen molar-refractivity contribution in [2.45, 2.75) is 235 Å². The molecule has 0 fully saturated rings. The normalized spacial score (nSPS) is 12.8. The van der Waals surface area contributed by atoms with Crippen LogP contribution in [0.5, 0.6) is 0 Å². The van der Waals surface area contributed by atoms with Gasteiger partial charge in [-0.3, -0.25) is 86.9 Å². The van der Waals surface area contributed by atoms with Crippen LogP contribution in [0.25, 0.3) is 0 Å². The summed E-state index contributed by atoms with van der Waals surface area (Å²) in [7, 11) is 0. The third-order valence-corrected chi connectivity index (χ3v) is 14.7. The Balaban J connectivity index is -0.0000000937. The molecule has 61 N–H and O–H groups in total. The van der Waals surface area contributed by atoms with E-state index in [9.17, 15) is 81.5 Å². The molecular weight excluding hydrogens is 1800 g/mol. The van der Waals surface area contributed by atoms with Gasteiger partial charge in [0.1, 0.15) is 78.5 Å². The van der Waals surface area contributed by atoms with Gasteiger partial charge in [-0.05, 0) is 127 Å². The van der Waals surface area contributed by atoms with Crippen molar-refractivity contribution < 1.29 is 173 Å². The number of aromatic nitrogens is 2. The second kappa shape index (κ2) is 103. The maximum atomic E-state index is 10.3. The van der Waals surface area contributed by atoms with Crippen molar-refractivity contribution in [2.24, 2.45) is 127 Å². The zero-order valence-corrected chi connectivity index (χ0v) is 76.0. The summed E-state index contributed by atoms with van der Waals surface area (Å²) in [5, 5.41) is 156. The molecule has 0 saturated heterocycles. The molecule has 0 spiro atoms. The quantitative estimate of drug-likeness (QED) is 0.0125. The van der Waals surface area contributed by atoms with Crippen LogP contribution >= 0.6 is 24.4 Å². The van der Waals surface area contributed by atoms with Crippen LogP contribution < -0.4 is 120 Å². The van der Waals surface area contributed by atoms with Gasteiger partial charge >= 0.3 is 95.5 Å². The first-order chi connectivity index (χ1) is 60.1. The largest absolute Gasteiger partial charge is 0.481 e. The molecule has 0 unspecified atom stereocenters. The lowest BCUT2D eigenvalue weighted by atomic mass is 10.1. The number of amides is 1. The molecule has 1 amide bonds. The van der Waals surface area contributed by atoms with Gasteiger partial charge in [-0.2, -0.15) is 24.4 Å². The Hall–Kier alpha value is -10.6. The summed E-state index contributed by atoms with van der Waals surface area (Å²) >= 11 is 5.25. The number of imidazole rings is 1. The van der Waals surface area contributed by atoms with Gasteiger partial charge in [0.15, 0.2) is 5.96 Å². The molecule has 0 saturated carbocycles. The molecule has 0 aliphatic heterocycles. The number of nitrogens with two attached hydrogens (primary N) is 20. The molecule has 1 aromatic rings. The van der Waals surface area contributed by atoms with E-state index in [1.165, 1.54) is 13.3 Å². The SMILES string of the molecule is CC(C)C[C@H](N)C(=O)O.CC(C)[C@H](N)C(=O)O.CSCC[C@H](N)C(=O)O.C[C@@H](O)[C@H](N)C(=O)O.N=C(N)NCCC[C@H](N)C(=O)O.NC(=O)CC[C@H](N)C(=O)O.NCC(=O)O.NCC(=O)O.NCCCC[C@H](N)C(=O)O.NCCCC[C@H](N)C(=O)O.NCCCC[C@H](N)C(=O)O.N[C@@H](CCC(=O)O)C(=O)O.N[C@@H](CO)C(=O)O.N[C@@H](CS)C(=O)O.N[C@@H](Cc1c[nH]cn1)C(=O)O. The second-order valence-electron chi connectivity index (χ2n) is 26.6. The maximum Gasteiger partial charge on any atom is 0.323 e. The van der Waals surface area contributed by atoms with Crippen LogP contribution in [0.15, 0.2) is 12.5 Å². The van der Waals surface area contributed by atoms with Gasteiger partial charge in [0, 0.05) is 37.8 Å². The first-order valence-corrected chi connectivity index (χ1v) is 40.8. The smallest absolute Gasteiger partial charge is 0.323 e. The highest BCUT2D eigenvalue weighted by atomic mass is 32.2.